The molecule has 0 heterocycles. The van der Waals surface area contributed by atoms with Crippen molar-refractivity contribution in [2.24, 2.45) is 5.84 Å². The quantitative estimate of drug-likeness (QED) is 0.642. The largest absolute Gasteiger partial charge is 0.411 e. The summed E-state index contributed by atoms with van der Waals surface area (Å²) in [5.41, 5.74) is 6.53. The second-order valence-electron chi connectivity index (χ2n) is 4.64. The summed E-state index contributed by atoms with van der Waals surface area (Å²) >= 11 is 0. The van der Waals surface area contributed by atoms with Crippen molar-refractivity contribution in [3.63, 3.8) is 0 Å². The van der Waals surface area contributed by atoms with E-state index in [2.05, 4.69) is 10.2 Å². The number of benzene rings is 1. The predicted molar refractivity (Wildman–Crippen MR) is 67.6 cm³/mol. The van der Waals surface area contributed by atoms with E-state index in [-0.39, 0.29) is 6.61 Å². The van der Waals surface area contributed by atoms with Crippen LogP contribution in [-0.4, -0.2) is 19.4 Å². The van der Waals surface area contributed by atoms with Gasteiger partial charge in [0.1, 0.15) is 6.61 Å². The monoisotopic (exact) mass is 276 g/mol. The molecule has 0 spiro atoms. The lowest BCUT2D eigenvalue weighted by Crippen LogP contribution is -2.33. The molecule has 1 aromatic carbocycles. The first-order valence-electron chi connectivity index (χ1n) is 5.93. The van der Waals surface area contributed by atoms with Crippen LogP contribution >= 0.6 is 0 Å². The fourth-order valence-corrected chi connectivity index (χ4v) is 1.88. The number of aryl methyl sites for hydroxylation is 3. The molecule has 0 saturated heterocycles. The van der Waals surface area contributed by atoms with Gasteiger partial charge in [-0.15, -0.1) is 0 Å². The van der Waals surface area contributed by atoms with Crippen LogP contribution in [0.4, 0.5) is 13.2 Å². The highest BCUT2D eigenvalue weighted by Gasteiger charge is 2.28. The summed E-state index contributed by atoms with van der Waals surface area (Å²) in [4.78, 5) is 0. The van der Waals surface area contributed by atoms with Gasteiger partial charge in [-0.05, 0) is 43.0 Å². The molecule has 1 aromatic rings. The van der Waals surface area contributed by atoms with Crippen molar-refractivity contribution >= 4 is 0 Å². The third-order valence-corrected chi connectivity index (χ3v) is 3.01. The van der Waals surface area contributed by atoms with Gasteiger partial charge in [0.05, 0.1) is 12.6 Å². The van der Waals surface area contributed by atoms with E-state index < -0.39 is 18.8 Å². The van der Waals surface area contributed by atoms with E-state index >= 15 is 0 Å². The molecule has 6 heteroatoms. The first-order chi connectivity index (χ1) is 8.74. The number of hydrogen-bond donors (Lipinski definition) is 2. The van der Waals surface area contributed by atoms with E-state index in [1.165, 1.54) is 0 Å². The molecule has 0 aliphatic rings. The molecule has 1 rings (SSSR count). The fourth-order valence-electron chi connectivity index (χ4n) is 1.88. The summed E-state index contributed by atoms with van der Waals surface area (Å²) in [6.45, 7) is 4.43. The second kappa shape index (κ2) is 6.36. The summed E-state index contributed by atoms with van der Waals surface area (Å²) < 4.78 is 40.8. The van der Waals surface area contributed by atoms with Gasteiger partial charge < -0.3 is 4.74 Å². The van der Waals surface area contributed by atoms with E-state index in [1.54, 1.807) is 0 Å². The number of nitrogens with two attached hydrogens (primary N) is 1. The Labute approximate surface area is 110 Å². The number of hydrazine groups is 1. The maximum absolute atomic E-state index is 12.0. The molecule has 1 atom stereocenters. The van der Waals surface area contributed by atoms with E-state index in [0.29, 0.717) is 0 Å². The van der Waals surface area contributed by atoms with Crippen LogP contribution < -0.4 is 11.3 Å². The molecule has 0 fully saturated rings. The highest BCUT2D eigenvalue weighted by Crippen LogP contribution is 2.22. The van der Waals surface area contributed by atoms with Gasteiger partial charge in [-0.1, -0.05) is 12.1 Å². The Kier molecular flexibility index (Phi) is 5.34. The zero-order valence-electron chi connectivity index (χ0n) is 11.3. The molecule has 108 valence electrons. The van der Waals surface area contributed by atoms with Gasteiger partial charge >= 0.3 is 6.18 Å². The Hall–Kier alpha value is -1.11. The van der Waals surface area contributed by atoms with Gasteiger partial charge in [-0.2, -0.15) is 13.2 Å². The van der Waals surface area contributed by atoms with E-state index in [0.717, 1.165) is 22.3 Å². The van der Waals surface area contributed by atoms with Crippen LogP contribution in [0.25, 0.3) is 0 Å². The van der Waals surface area contributed by atoms with Crippen LogP contribution in [0.3, 0.4) is 0 Å². The zero-order chi connectivity index (χ0) is 14.6. The van der Waals surface area contributed by atoms with Crippen LogP contribution in [0.1, 0.15) is 28.3 Å². The first-order valence-corrected chi connectivity index (χ1v) is 5.93. The summed E-state index contributed by atoms with van der Waals surface area (Å²) in [5.74, 6) is 5.40. The number of nitrogens with one attached hydrogen (secondary N) is 1. The molecule has 0 amide bonds. The van der Waals surface area contributed by atoms with Crippen LogP contribution in [0, 0.1) is 20.8 Å². The lowest BCUT2D eigenvalue weighted by molar-refractivity contribution is -0.175. The van der Waals surface area contributed by atoms with Crippen molar-refractivity contribution in [1.29, 1.82) is 0 Å². The predicted octanol–water partition coefficient (Wildman–Crippen LogP) is 2.70. The van der Waals surface area contributed by atoms with Crippen molar-refractivity contribution in [3.8, 4) is 0 Å². The average Bonchev–Trinajstić information content (AvgIpc) is 2.29. The Morgan fingerprint density at radius 2 is 1.74 bits per heavy atom. The molecule has 0 aliphatic heterocycles. The highest BCUT2D eigenvalue weighted by atomic mass is 19.4. The molecule has 0 aliphatic carbocycles. The minimum Gasteiger partial charge on any atom is -0.370 e. The van der Waals surface area contributed by atoms with Gasteiger partial charge in [0.15, 0.2) is 0 Å². The number of ether oxygens (including phenoxy) is 1. The van der Waals surface area contributed by atoms with E-state index in [9.17, 15) is 13.2 Å². The van der Waals surface area contributed by atoms with Crippen molar-refractivity contribution in [2.45, 2.75) is 33.0 Å². The average molecular weight is 276 g/mol. The van der Waals surface area contributed by atoms with E-state index in [1.807, 2.05) is 32.9 Å². The fraction of sp³-hybridized carbons (Fsp3) is 0.538. The third-order valence-electron chi connectivity index (χ3n) is 3.01. The minimum absolute atomic E-state index is 0.126. The standard InChI is InChI=1S/C13H19F3N2O/c1-8-4-10(3)11(5-9(8)2)12(18-17)6-19-7-13(14,15)16/h4-5,12,18H,6-7,17H2,1-3H3. The van der Waals surface area contributed by atoms with Crippen molar-refractivity contribution in [3.05, 3.63) is 34.4 Å². The summed E-state index contributed by atoms with van der Waals surface area (Å²) in [5, 5.41) is 0. The summed E-state index contributed by atoms with van der Waals surface area (Å²) in [7, 11) is 0. The number of halogens is 3. The van der Waals surface area contributed by atoms with Crippen LogP contribution in [0.5, 0.6) is 0 Å². The lowest BCUT2D eigenvalue weighted by Gasteiger charge is -2.20. The summed E-state index contributed by atoms with van der Waals surface area (Å²) in [6.07, 6.45) is -4.32. The van der Waals surface area contributed by atoms with Gasteiger partial charge in [0.25, 0.3) is 0 Å². The van der Waals surface area contributed by atoms with Crippen molar-refractivity contribution in [2.75, 3.05) is 13.2 Å². The zero-order valence-corrected chi connectivity index (χ0v) is 11.3. The molecule has 0 radical (unpaired) electrons. The van der Waals surface area contributed by atoms with Crippen LogP contribution in [-0.2, 0) is 4.74 Å². The van der Waals surface area contributed by atoms with Gasteiger partial charge in [0, 0.05) is 0 Å². The molecule has 3 N–H and O–H groups in total. The maximum Gasteiger partial charge on any atom is 0.411 e. The number of rotatable bonds is 5. The van der Waals surface area contributed by atoms with Crippen LogP contribution in [0.2, 0.25) is 0 Å². The molecule has 3 nitrogen and oxygen atoms in total. The topological polar surface area (TPSA) is 47.3 Å². The Bertz CT molecular complexity index is 433. The Morgan fingerprint density at radius 1 is 1.16 bits per heavy atom. The molecule has 0 bridgehead atoms. The molecule has 1 unspecified atom stereocenters. The summed E-state index contributed by atoms with van der Waals surface area (Å²) in [6, 6.07) is 3.45. The highest BCUT2D eigenvalue weighted by molar-refractivity contribution is 5.38. The van der Waals surface area contributed by atoms with Gasteiger partial charge in [0.2, 0.25) is 0 Å². The van der Waals surface area contributed by atoms with Crippen molar-refractivity contribution in [1.82, 2.24) is 5.43 Å². The smallest absolute Gasteiger partial charge is 0.370 e. The molecular weight excluding hydrogens is 257 g/mol. The third kappa shape index (κ3) is 4.81. The van der Waals surface area contributed by atoms with Gasteiger partial charge in [-0.25, -0.2) is 0 Å². The van der Waals surface area contributed by atoms with Crippen LogP contribution in [0.15, 0.2) is 12.1 Å². The Morgan fingerprint density at radius 3 is 2.26 bits per heavy atom. The first kappa shape index (κ1) is 15.9. The Balaban J connectivity index is 2.77. The molecule has 0 aromatic heterocycles. The SMILES string of the molecule is Cc1cc(C)c(C(COCC(F)(F)F)NN)cc1C. The minimum atomic E-state index is -4.32. The number of alkyl halides is 3. The molecule has 0 saturated carbocycles. The maximum atomic E-state index is 12.0. The van der Waals surface area contributed by atoms with Gasteiger partial charge in [-0.3, -0.25) is 11.3 Å². The second-order valence-corrected chi connectivity index (χ2v) is 4.64. The van der Waals surface area contributed by atoms with Crippen molar-refractivity contribution < 1.29 is 17.9 Å². The normalized spacial score (nSPS) is 13.6. The molecular formula is C13H19F3N2O. The lowest BCUT2D eigenvalue weighted by atomic mass is 9.96. The number of hydrogen-bond acceptors (Lipinski definition) is 3. The molecule has 19 heavy (non-hydrogen) atoms. The van der Waals surface area contributed by atoms with E-state index in [4.69, 9.17) is 5.84 Å².